The summed E-state index contributed by atoms with van der Waals surface area (Å²) in [6, 6.07) is 14.3. The predicted octanol–water partition coefficient (Wildman–Crippen LogP) is 3.71. The summed E-state index contributed by atoms with van der Waals surface area (Å²) >= 11 is 0. The summed E-state index contributed by atoms with van der Waals surface area (Å²) in [5, 5.41) is 9.80. The molecule has 1 heterocycles. The fourth-order valence-electron chi connectivity index (χ4n) is 2.01. The fourth-order valence-corrected chi connectivity index (χ4v) is 2.01. The number of rotatable bonds is 4. The topological polar surface area (TPSA) is 59.7 Å². The lowest BCUT2D eigenvalue weighted by molar-refractivity contribution is 0.0697. The van der Waals surface area contributed by atoms with Crippen LogP contribution in [0.15, 0.2) is 59.2 Å². The van der Waals surface area contributed by atoms with Gasteiger partial charge in [0.25, 0.3) is 0 Å². The van der Waals surface area contributed by atoms with Crippen molar-refractivity contribution in [2.45, 2.75) is 6.61 Å². The molecular weight excluding hydrogens is 256 g/mol. The molecule has 100 valence electrons. The van der Waals surface area contributed by atoms with E-state index in [0.29, 0.717) is 12.2 Å². The highest BCUT2D eigenvalue weighted by Gasteiger charge is 2.10. The zero-order valence-electron chi connectivity index (χ0n) is 10.6. The van der Waals surface area contributed by atoms with E-state index in [1.807, 2.05) is 30.3 Å². The predicted molar refractivity (Wildman–Crippen MR) is 73.9 cm³/mol. The molecule has 1 aromatic heterocycles. The third kappa shape index (κ3) is 2.36. The number of carboxylic acids is 1. The zero-order valence-corrected chi connectivity index (χ0v) is 10.6. The number of hydrogen-bond donors (Lipinski definition) is 1. The molecule has 0 amide bonds. The number of aromatic carboxylic acids is 1. The van der Waals surface area contributed by atoms with Crippen molar-refractivity contribution in [1.82, 2.24) is 0 Å². The average molecular weight is 268 g/mol. The van der Waals surface area contributed by atoms with Crippen molar-refractivity contribution in [2.24, 2.45) is 0 Å². The van der Waals surface area contributed by atoms with Gasteiger partial charge in [0.1, 0.15) is 17.9 Å². The number of carbonyl (C=O) groups is 1. The zero-order chi connectivity index (χ0) is 13.9. The van der Waals surface area contributed by atoms with Crippen LogP contribution in [0.25, 0.3) is 11.0 Å². The van der Waals surface area contributed by atoms with E-state index in [4.69, 9.17) is 14.3 Å². The number of benzene rings is 2. The summed E-state index contributed by atoms with van der Waals surface area (Å²) in [5.74, 6) is -0.186. The van der Waals surface area contributed by atoms with E-state index in [9.17, 15) is 4.79 Å². The largest absolute Gasteiger partial charge is 0.489 e. The van der Waals surface area contributed by atoms with Crippen LogP contribution in [-0.4, -0.2) is 11.1 Å². The van der Waals surface area contributed by atoms with Crippen LogP contribution in [-0.2, 0) is 6.61 Å². The third-order valence-corrected chi connectivity index (χ3v) is 3.04. The molecule has 0 atom stereocenters. The van der Waals surface area contributed by atoms with Crippen molar-refractivity contribution in [3.8, 4) is 5.75 Å². The molecule has 3 rings (SSSR count). The minimum absolute atomic E-state index is 0.211. The maximum Gasteiger partial charge on any atom is 0.335 e. The molecule has 0 fully saturated rings. The fraction of sp³-hybridized carbons (Fsp3) is 0.0625. The van der Waals surface area contributed by atoms with Crippen molar-refractivity contribution >= 4 is 16.9 Å². The Hall–Kier alpha value is -2.75. The van der Waals surface area contributed by atoms with E-state index in [-0.39, 0.29) is 5.56 Å². The van der Waals surface area contributed by atoms with Gasteiger partial charge in [-0.25, -0.2) is 4.79 Å². The van der Waals surface area contributed by atoms with Crippen LogP contribution in [0.3, 0.4) is 0 Å². The van der Waals surface area contributed by atoms with Gasteiger partial charge < -0.3 is 14.3 Å². The van der Waals surface area contributed by atoms with Crippen LogP contribution in [0.1, 0.15) is 15.9 Å². The average Bonchev–Trinajstić information content (AvgIpc) is 2.88. The number of fused-ring (bicyclic) bond motifs is 1. The molecule has 0 aliphatic heterocycles. The Balaban J connectivity index is 1.84. The monoisotopic (exact) mass is 268 g/mol. The van der Waals surface area contributed by atoms with E-state index >= 15 is 0 Å². The Morgan fingerprint density at radius 2 is 1.95 bits per heavy atom. The Morgan fingerprint density at radius 1 is 1.15 bits per heavy atom. The number of furan rings is 1. The van der Waals surface area contributed by atoms with E-state index in [0.717, 1.165) is 16.7 Å². The van der Waals surface area contributed by atoms with Crippen LogP contribution in [0.4, 0.5) is 0 Å². The van der Waals surface area contributed by atoms with E-state index in [1.165, 1.54) is 6.07 Å². The van der Waals surface area contributed by atoms with Gasteiger partial charge in [0.2, 0.25) is 0 Å². The number of para-hydroxylation sites is 1. The first-order valence-electron chi connectivity index (χ1n) is 6.15. The molecule has 0 bridgehead atoms. The molecule has 1 N–H and O–H groups in total. The molecule has 4 nitrogen and oxygen atoms in total. The van der Waals surface area contributed by atoms with Gasteiger partial charge in [-0.2, -0.15) is 0 Å². The van der Waals surface area contributed by atoms with E-state index < -0.39 is 5.97 Å². The van der Waals surface area contributed by atoms with Crippen LogP contribution >= 0.6 is 0 Å². The Kier molecular flexibility index (Phi) is 3.13. The van der Waals surface area contributed by atoms with Gasteiger partial charge in [-0.05, 0) is 30.3 Å². The highest BCUT2D eigenvalue weighted by molar-refractivity contribution is 5.93. The van der Waals surface area contributed by atoms with Crippen LogP contribution in [0, 0.1) is 0 Å². The van der Waals surface area contributed by atoms with Crippen LogP contribution in [0.2, 0.25) is 0 Å². The highest BCUT2D eigenvalue weighted by Crippen LogP contribution is 2.24. The van der Waals surface area contributed by atoms with Gasteiger partial charge in [-0.3, -0.25) is 0 Å². The molecule has 2 aromatic carbocycles. The third-order valence-electron chi connectivity index (χ3n) is 3.04. The van der Waals surface area contributed by atoms with Gasteiger partial charge in [-0.15, -0.1) is 0 Å². The second-order valence-corrected chi connectivity index (χ2v) is 4.38. The number of ether oxygens (including phenoxy) is 1. The maximum atomic E-state index is 10.9. The highest BCUT2D eigenvalue weighted by atomic mass is 16.5. The van der Waals surface area contributed by atoms with Crippen molar-refractivity contribution in [3.63, 3.8) is 0 Å². The second-order valence-electron chi connectivity index (χ2n) is 4.38. The molecule has 3 aromatic rings. The maximum absolute atomic E-state index is 10.9. The number of hydrogen-bond acceptors (Lipinski definition) is 3. The lowest BCUT2D eigenvalue weighted by Gasteiger charge is -2.04. The van der Waals surface area contributed by atoms with Crippen LogP contribution < -0.4 is 4.74 Å². The van der Waals surface area contributed by atoms with Crippen molar-refractivity contribution < 1.29 is 19.1 Å². The molecule has 0 unspecified atom stereocenters. The minimum atomic E-state index is -0.967. The molecule has 4 heteroatoms. The summed E-state index contributed by atoms with van der Waals surface area (Å²) in [4.78, 5) is 10.9. The summed E-state index contributed by atoms with van der Waals surface area (Å²) in [7, 11) is 0. The first-order valence-corrected chi connectivity index (χ1v) is 6.15. The summed E-state index contributed by atoms with van der Waals surface area (Å²) in [5.41, 5.74) is 1.65. The number of carboxylic acid groups (broad SMARTS) is 1. The molecule has 0 aliphatic rings. The summed E-state index contributed by atoms with van der Waals surface area (Å²) in [6.45, 7) is 0.378. The smallest absolute Gasteiger partial charge is 0.335 e. The molecule has 0 spiro atoms. The van der Waals surface area contributed by atoms with Crippen molar-refractivity contribution in [2.75, 3.05) is 0 Å². The Labute approximate surface area is 115 Å². The van der Waals surface area contributed by atoms with Crippen LogP contribution in [0.5, 0.6) is 5.75 Å². The normalized spacial score (nSPS) is 10.6. The van der Waals surface area contributed by atoms with Crippen molar-refractivity contribution in [1.29, 1.82) is 0 Å². The van der Waals surface area contributed by atoms with Gasteiger partial charge in [-0.1, -0.05) is 18.2 Å². The molecule has 0 saturated heterocycles. The van der Waals surface area contributed by atoms with Gasteiger partial charge in [0.05, 0.1) is 11.8 Å². The molecule has 0 aliphatic carbocycles. The summed E-state index contributed by atoms with van der Waals surface area (Å²) < 4.78 is 11.0. The minimum Gasteiger partial charge on any atom is -0.489 e. The Morgan fingerprint density at radius 3 is 2.70 bits per heavy atom. The molecule has 20 heavy (non-hydrogen) atoms. The van der Waals surface area contributed by atoms with Gasteiger partial charge in [0, 0.05) is 10.9 Å². The van der Waals surface area contributed by atoms with E-state index in [2.05, 4.69) is 0 Å². The van der Waals surface area contributed by atoms with Gasteiger partial charge >= 0.3 is 5.97 Å². The SMILES string of the molecule is O=C(O)c1ccc2c(COc3ccccc3)coc2c1. The second kappa shape index (κ2) is 5.09. The van der Waals surface area contributed by atoms with Crippen molar-refractivity contribution in [3.05, 3.63) is 65.9 Å². The van der Waals surface area contributed by atoms with Gasteiger partial charge in [0.15, 0.2) is 0 Å². The Bertz CT molecular complexity index is 744. The lowest BCUT2D eigenvalue weighted by Crippen LogP contribution is -1.96. The summed E-state index contributed by atoms with van der Waals surface area (Å²) in [6.07, 6.45) is 1.60. The molecular formula is C16H12O4. The molecule has 0 radical (unpaired) electrons. The standard InChI is InChI=1S/C16H12O4/c17-16(18)11-6-7-14-12(10-20-15(14)8-11)9-19-13-4-2-1-3-5-13/h1-8,10H,9H2,(H,17,18). The lowest BCUT2D eigenvalue weighted by atomic mass is 10.1. The first kappa shape index (κ1) is 12.3. The van der Waals surface area contributed by atoms with E-state index in [1.54, 1.807) is 18.4 Å². The first-order chi connectivity index (χ1) is 9.74. The molecule has 0 saturated carbocycles. The quantitative estimate of drug-likeness (QED) is 0.783.